The zero-order chi connectivity index (χ0) is 17.1. The van der Waals surface area contributed by atoms with E-state index in [1.54, 1.807) is 23.4 Å². The van der Waals surface area contributed by atoms with Crippen molar-refractivity contribution in [2.45, 2.75) is 26.3 Å². The topological polar surface area (TPSA) is 62.3 Å². The molecule has 2 amide bonds. The molecule has 122 valence electrons. The molecule has 5 nitrogen and oxygen atoms in total. The first-order valence-electron chi connectivity index (χ1n) is 7.83. The van der Waals surface area contributed by atoms with Crippen LogP contribution >= 0.6 is 0 Å². The number of hydrogen-bond acceptors (Lipinski definition) is 3. The molecule has 2 aromatic rings. The Balaban J connectivity index is 1.80. The van der Waals surface area contributed by atoms with Gasteiger partial charge in [0.1, 0.15) is 5.82 Å². The molecule has 1 atom stereocenters. The van der Waals surface area contributed by atoms with E-state index in [4.69, 9.17) is 0 Å². The van der Waals surface area contributed by atoms with Gasteiger partial charge in [0.05, 0.1) is 12.5 Å². The quantitative estimate of drug-likeness (QED) is 0.943. The van der Waals surface area contributed by atoms with E-state index in [9.17, 15) is 9.59 Å². The van der Waals surface area contributed by atoms with Gasteiger partial charge in [-0.3, -0.25) is 9.59 Å². The van der Waals surface area contributed by atoms with Crippen LogP contribution in [0.5, 0.6) is 0 Å². The highest BCUT2D eigenvalue weighted by molar-refractivity contribution is 5.91. The summed E-state index contributed by atoms with van der Waals surface area (Å²) in [6, 6.07) is 11.2. The number of aryl methyl sites for hydroxylation is 1. The molecule has 0 saturated carbocycles. The van der Waals surface area contributed by atoms with E-state index in [2.05, 4.69) is 10.3 Å². The van der Waals surface area contributed by atoms with Gasteiger partial charge in [0.15, 0.2) is 0 Å². The number of carbonyl (C=O) groups excluding carboxylic acids is 2. The van der Waals surface area contributed by atoms with Crippen LogP contribution in [0.4, 0.5) is 5.82 Å². The van der Waals surface area contributed by atoms with Crippen LogP contribution < -0.4 is 5.32 Å². The monoisotopic (exact) mass is 321 g/mol. The van der Waals surface area contributed by atoms with Crippen molar-refractivity contribution in [3.63, 3.8) is 0 Å². The maximum absolute atomic E-state index is 12.4. The second kappa shape index (κ2) is 6.66. The molecule has 0 bridgehead atoms. The second-order valence-electron chi connectivity index (χ2n) is 5.86. The van der Waals surface area contributed by atoms with Crippen molar-refractivity contribution >= 4 is 23.7 Å². The van der Waals surface area contributed by atoms with E-state index >= 15 is 0 Å². The molecule has 0 aliphatic carbocycles. The lowest BCUT2D eigenvalue weighted by Crippen LogP contribution is -2.33. The summed E-state index contributed by atoms with van der Waals surface area (Å²) in [5, 5.41) is 2.79. The molecular weight excluding hydrogens is 302 g/mol. The van der Waals surface area contributed by atoms with Gasteiger partial charge in [0.2, 0.25) is 11.8 Å². The van der Waals surface area contributed by atoms with Crippen LogP contribution in [0, 0.1) is 6.92 Å². The Morgan fingerprint density at radius 3 is 2.71 bits per heavy atom. The Kier molecular flexibility index (Phi) is 4.42. The van der Waals surface area contributed by atoms with Gasteiger partial charge in [-0.1, -0.05) is 30.3 Å². The number of carbonyl (C=O) groups is 2. The van der Waals surface area contributed by atoms with Crippen LogP contribution in [-0.2, 0) is 9.59 Å². The van der Waals surface area contributed by atoms with Crippen LogP contribution in [0.1, 0.15) is 36.1 Å². The van der Waals surface area contributed by atoms with E-state index in [-0.39, 0.29) is 24.3 Å². The number of amides is 2. The Morgan fingerprint density at radius 2 is 2.00 bits per heavy atom. The summed E-state index contributed by atoms with van der Waals surface area (Å²) in [7, 11) is 0. The minimum absolute atomic E-state index is 0.0907. The fourth-order valence-corrected chi connectivity index (χ4v) is 2.82. The van der Waals surface area contributed by atoms with Crippen molar-refractivity contribution in [2.24, 2.45) is 0 Å². The number of nitrogens with one attached hydrogen (secondary N) is 1. The number of rotatable bonds is 3. The molecule has 0 spiro atoms. The molecule has 0 radical (unpaired) electrons. The molecule has 24 heavy (non-hydrogen) atoms. The van der Waals surface area contributed by atoms with Crippen molar-refractivity contribution in [2.75, 3.05) is 5.32 Å². The van der Waals surface area contributed by atoms with Gasteiger partial charge >= 0.3 is 0 Å². The number of benzene rings is 1. The Labute approximate surface area is 141 Å². The lowest BCUT2D eigenvalue weighted by Gasteiger charge is -2.32. The van der Waals surface area contributed by atoms with Crippen molar-refractivity contribution in [1.82, 2.24) is 9.88 Å². The number of aromatic nitrogens is 1. The maximum Gasteiger partial charge on any atom is 0.227 e. The summed E-state index contributed by atoms with van der Waals surface area (Å²) < 4.78 is 0. The predicted octanol–water partition coefficient (Wildman–Crippen LogP) is 3.29. The standard InChI is InChI=1S/C19H19N3O2/c1-13-7-8-18(20-12-13)21-19(24)11-17-16-6-4-3-5-15(16)9-10-22(17)14(2)23/h3-10,12,17H,11H2,1-2H3,(H,20,21,24)/t17-/m1/s1. The van der Waals surface area contributed by atoms with Gasteiger partial charge in [-0.25, -0.2) is 4.98 Å². The minimum atomic E-state index is -0.311. The Hall–Kier alpha value is -2.95. The third kappa shape index (κ3) is 3.35. The first-order chi connectivity index (χ1) is 11.5. The van der Waals surface area contributed by atoms with E-state index < -0.39 is 0 Å². The van der Waals surface area contributed by atoms with Crippen molar-refractivity contribution in [3.05, 3.63) is 65.5 Å². The first-order valence-corrected chi connectivity index (χ1v) is 7.83. The summed E-state index contributed by atoms with van der Waals surface area (Å²) >= 11 is 0. The SMILES string of the molecule is CC(=O)N1C=Cc2ccccc2[C@H]1CC(=O)Nc1ccc(C)cn1. The number of nitrogens with zero attached hydrogens (tertiary/aromatic N) is 2. The third-order valence-corrected chi connectivity index (χ3v) is 4.03. The molecular formula is C19H19N3O2. The molecule has 1 aromatic heterocycles. The van der Waals surface area contributed by atoms with Gasteiger partial charge in [0.25, 0.3) is 0 Å². The van der Waals surface area contributed by atoms with E-state index in [0.717, 1.165) is 16.7 Å². The normalized spacial score (nSPS) is 15.8. The molecule has 3 rings (SSSR count). The van der Waals surface area contributed by atoms with Crippen molar-refractivity contribution < 1.29 is 9.59 Å². The molecule has 0 saturated heterocycles. The van der Waals surface area contributed by atoms with Gasteiger partial charge in [-0.05, 0) is 35.8 Å². The van der Waals surface area contributed by atoms with Crippen LogP contribution in [0.3, 0.4) is 0 Å². The van der Waals surface area contributed by atoms with Crippen molar-refractivity contribution in [1.29, 1.82) is 0 Å². The van der Waals surface area contributed by atoms with Gasteiger partial charge in [-0.15, -0.1) is 0 Å². The average molecular weight is 321 g/mol. The number of pyridine rings is 1. The van der Waals surface area contributed by atoms with E-state index in [1.165, 1.54) is 6.92 Å². The number of hydrogen-bond donors (Lipinski definition) is 1. The molecule has 5 heteroatoms. The summed E-state index contributed by atoms with van der Waals surface area (Å²) in [4.78, 5) is 30.1. The van der Waals surface area contributed by atoms with Crippen LogP contribution in [0.15, 0.2) is 48.8 Å². The van der Waals surface area contributed by atoms with Crippen molar-refractivity contribution in [3.8, 4) is 0 Å². The largest absolute Gasteiger partial charge is 0.311 e. The van der Waals surface area contributed by atoms with Gasteiger partial charge in [0, 0.05) is 19.3 Å². The van der Waals surface area contributed by atoms with Gasteiger partial charge < -0.3 is 10.2 Å². The van der Waals surface area contributed by atoms with Crippen LogP contribution in [0.2, 0.25) is 0 Å². The van der Waals surface area contributed by atoms with Crippen LogP contribution in [-0.4, -0.2) is 21.7 Å². The molecule has 1 N–H and O–H groups in total. The fourth-order valence-electron chi connectivity index (χ4n) is 2.82. The number of anilines is 1. The van der Waals surface area contributed by atoms with Gasteiger partial charge in [-0.2, -0.15) is 0 Å². The summed E-state index contributed by atoms with van der Waals surface area (Å²) in [6.45, 7) is 3.44. The smallest absolute Gasteiger partial charge is 0.227 e. The molecule has 1 aliphatic heterocycles. The Morgan fingerprint density at radius 1 is 1.21 bits per heavy atom. The molecule has 1 aliphatic rings. The van der Waals surface area contributed by atoms with Crippen LogP contribution in [0.25, 0.3) is 6.08 Å². The second-order valence-corrected chi connectivity index (χ2v) is 5.86. The van der Waals surface area contributed by atoms with E-state index in [1.807, 2.05) is 43.3 Å². The zero-order valence-electron chi connectivity index (χ0n) is 13.7. The highest BCUT2D eigenvalue weighted by Gasteiger charge is 2.28. The summed E-state index contributed by atoms with van der Waals surface area (Å²) in [5.41, 5.74) is 3.03. The first kappa shape index (κ1) is 15.9. The average Bonchev–Trinajstić information content (AvgIpc) is 2.57. The molecule has 0 unspecified atom stereocenters. The predicted molar refractivity (Wildman–Crippen MR) is 93.0 cm³/mol. The zero-order valence-corrected chi connectivity index (χ0v) is 13.7. The highest BCUT2D eigenvalue weighted by Crippen LogP contribution is 2.32. The lowest BCUT2D eigenvalue weighted by molar-refractivity contribution is -0.129. The highest BCUT2D eigenvalue weighted by atomic mass is 16.2. The maximum atomic E-state index is 12.4. The number of fused-ring (bicyclic) bond motifs is 1. The molecule has 2 heterocycles. The summed E-state index contributed by atoms with van der Waals surface area (Å²) in [6.07, 6.45) is 5.52. The van der Waals surface area contributed by atoms with E-state index in [0.29, 0.717) is 5.82 Å². The molecule has 0 fully saturated rings. The fraction of sp³-hybridized carbons (Fsp3) is 0.211. The molecule has 1 aromatic carbocycles. The summed E-state index contributed by atoms with van der Waals surface area (Å²) in [5.74, 6) is 0.249. The third-order valence-electron chi connectivity index (χ3n) is 4.03. The minimum Gasteiger partial charge on any atom is -0.311 e. The Bertz CT molecular complexity index is 797. The lowest BCUT2D eigenvalue weighted by atomic mass is 9.93.